The fraction of sp³-hybridized carbons (Fsp3) is 0.0588. The quantitative estimate of drug-likeness (QED) is 0.266. The van der Waals surface area contributed by atoms with Crippen LogP contribution in [0.4, 0.5) is 0 Å². The van der Waals surface area contributed by atoms with Crippen molar-refractivity contribution >= 4 is 61.7 Å². The molecule has 0 aliphatic heterocycles. The summed E-state index contributed by atoms with van der Waals surface area (Å²) < 4.78 is 2.43. The summed E-state index contributed by atoms with van der Waals surface area (Å²) in [7, 11) is 0. The van der Waals surface area contributed by atoms with Crippen LogP contribution in [0.2, 0.25) is 0 Å². The van der Waals surface area contributed by atoms with Gasteiger partial charge < -0.3 is 5.73 Å². The van der Waals surface area contributed by atoms with E-state index in [4.69, 9.17) is 16.1 Å². The second-order valence-electron chi connectivity index (χ2n) is 5.12. The molecule has 0 aliphatic rings. The van der Waals surface area contributed by atoms with E-state index >= 15 is 0 Å². The monoisotopic (exact) mass is 387 g/mol. The summed E-state index contributed by atoms with van der Waals surface area (Å²) >= 11 is 6.63. The zero-order chi connectivity index (χ0) is 16.7. The molecule has 0 saturated carbocycles. The maximum absolute atomic E-state index is 7.65. The molecule has 0 saturated heterocycles. The van der Waals surface area contributed by atoms with Crippen LogP contribution in [0.15, 0.2) is 46.0 Å². The first kappa shape index (κ1) is 15.8. The second-order valence-corrected chi connectivity index (χ2v) is 9.18. The van der Waals surface area contributed by atoms with E-state index in [1.54, 1.807) is 45.8 Å². The third-order valence-electron chi connectivity index (χ3n) is 3.56. The third kappa shape index (κ3) is 2.77. The van der Waals surface area contributed by atoms with Crippen molar-refractivity contribution < 1.29 is 0 Å². The maximum Gasteiger partial charge on any atom is 0.133 e. The lowest BCUT2D eigenvalue weighted by Crippen LogP contribution is -2.08. The number of hydrogen-bond acceptors (Lipinski definition) is 6. The molecule has 4 aromatic rings. The van der Waals surface area contributed by atoms with Gasteiger partial charge in [-0.1, -0.05) is 18.2 Å². The van der Waals surface area contributed by atoms with Gasteiger partial charge in [-0.15, -0.1) is 45.8 Å². The summed E-state index contributed by atoms with van der Waals surface area (Å²) in [6.07, 6.45) is 2.04. The summed E-state index contributed by atoms with van der Waals surface area (Å²) in [6, 6.07) is 12.6. The third-order valence-corrected chi connectivity index (χ3v) is 7.88. The van der Waals surface area contributed by atoms with E-state index < -0.39 is 0 Å². The van der Waals surface area contributed by atoms with Gasteiger partial charge in [-0.05, 0) is 29.8 Å². The Balaban J connectivity index is 1.76. The number of hydrogen-bond donors (Lipinski definition) is 2. The van der Waals surface area contributed by atoms with Crippen LogP contribution in [-0.2, 0) is 0 Å². The highest BCUT2D eigenvalue weighted by Crippen LogP contribution is 2.41. The molecule has 3 nitrogen and oxygen atoms in total. The molecule has 7 heteroatoms. The van der Waals surface area contributed by atoms with E-state index in [1.165, 1.54) is 15.0 Å². The van der Waals surface area contributed by atoms with Gasteiger partial charge in [0.05, 0.1) is 19.7 Å². The molecule has 0 atom stereocenters. The fourth-order valence-electron chi connectivity index (χ4n) is 2.43. The number of fused-ring (bicyclic) bond motifs is 1. The van der Waals surface area contributed by atoms with E-state index in [-0.39, 0.29) is 5.84 Å². The largest absolute Gasteiger partial charge is 0.383 e. The summed E-state index contributed by atoms with van der Waals surface area (Å²) in [6.45, 7) is 0. The van der Waals surface area contributed by atoms with Crippen LogP contribution in [0, 0.1) is 5.41 Å². The molecule has 24 heavy (non-hydrogen) atoms. The molecule has 0 spiro atoms. The Morgan fingerprint density at radius 1 is 1.21 bits per heavy atom. The minimum absolute atomic E-state index is 0.114. The lowest BCUT2D eigenvalue weighted by molar-refractivity contribution is 1.41. The molecule has 3 N–H and O–H groups in total. The van der Waals surface area contributed by atoms with Crippen LogP contribution in [0.25, 0.3) is 31.2 Å². The minimum atomic E-state index is 0.114. The number of nitrogens with one attached hydrogen (secondary N) is 1. The number of aromatic nitrogens is 1. The van der Waals surface area contributed by atoms with Gasteiger partial charge in [0.2, 0.25) is 0 Å². The number of thiazole rings is 1. The Hall–Kier alpha value is -1.67. The number of rotatable bonds is 4. The number of benzene rings is 1. The Labute approximate surface area is 155 Å². The number of thioether (sulfide) groups is 1. The highest BCUT2D eigenvalue weighted by molar-refractivity contribution is 8.00. The molecule has 1 aromatic carbocycles. The molecular weight excluding hydrogens is 374 g/mol. The van der Waals surface area contributed by atoms with Gasteiger partial charge in [0.1, 0.15) is 10.8 Å². The van der Waals surface area contributed by atoms with Gasteiger partial charge in [-0.2, -0.15) is 0 Å². The molecule has 0 unspecified atom stereocenters. The number of nitrogens with two attached hydrogens (primary N) is 1. The van der Waals surface area contributed by atoms with Crippen LogP contribution < -0.4 is 5.73 Å². The van der Waals surface area contributed by atoms with Gasteiger partial charge in [0.15, 0.2) is 0 Å². The summed E-state index contributed by atoms with van der Waals surface area (Å²) in [5, 5.41) is 12.0. The molecule has 0 radical (unpaired) electrons. The van der Waals surface area contributed by atoms with Crippen molar-refractivity contribution in [3.63, 3.8) is 0 Å². The summed E-state index contributed by atoms with van der Waals surface area (Å²) in [4.78, 5) is 6.82. The van der Waals surface area contributed by atoms with Crippen molar-refractivity contribution in [2.45, 2.75) is 4.21 Å². The zero-order valence-corrected chi connectivity index (χ0v) is 16.0. The Kier molecular flexibility index (Phi) is 4.17. The summed E-state index contributed by atoms with van der Waals surface area (Å²) in [5.74, 6) is 0.114. The first-order valence-corrected chi connectivity index (χ1v) is 10.9. The van der Waals surface area contributed by atoms with E-state index in [0.29, 0.717) is 0 Å². The lowest BCUT2D eigenvalue weighted by Gasteiger charge is -1.95. The first-order valence-electron chi connectivity index (χ1n) is 7.13. The molecule has 0 bridgehead atoms. The second kappa shape index (κ2) is 6.33. The Bertz CT molecular complexity index is 1010. The molecule has 3 heterocycles. The van der Waals surface area contributed by atoms with Gasteiger partial charge in [-0.3, -0.25) is 5.41 Å². The topological polar surface area (TPSA) is 62.8 Å². The number of nitrogen functional groups attached to an aromatic ring is 1. The van der Waals surface area contributed by atoms with Crippen LogP contribution in [0.5, 0.6) is 0 Å². The highest BCUT2D eigenvalue weighted by Gasteiger charge is 2.16. The fourth-order valence-corrected chi connectivity index (χ4v) is 6.23. The molecule has 4 rings (SSSR count). The van der Waals surface area contributed by atoms with Crippen LogP contribution in [0.1, 0.15) is 4.88 Å². The standard InChI is InChI=1S/C17H13N3S4/c1-21-17-10(7-14(24-17)15(18)19)16-20-11(8-22-16)13-6-9-4-2-3-5-12(9)23-13/h2-8H,1H3,(H3,18,19). The van der Waals surface area contributed by atoms with Crippen LogP contribution >= 0.6 is 45.8 Å². The van der Waals surface area contributed by atoms with Crippen LogP contribution in [0.3, 0.4) is 0 Å². The van der Waals surface area contributed by atoms with Crippen molar-refractivity contribution in [2.75, 3.05) is 6.26 Å². The SMILES string of the molecule is CSc1sc(C(=N)N)cc1-c1nc(-c2cc3ccccc3s2)cs1. The molecule has 120 valence electrons. The van der Waals surface area contributed by atoms with Gasteiger partial charge in [-0.25, -0.2) is 4.98 Å². The molecule has 0 fully saturated rings. The van der Waals surface area contributed by atoms with Crippen LogP contribution in [-0.4, -0.2) is 17.1 Å². The maximum atomic E-state index is 7.65. The first-order chi connectivity index (χ1) is 11.7. The lowest BCUT2D eigenvalue weighted by atomic mass is 10.2. The van der Waals surface area contributed by atoms with Gasteiger partial charge in [0.25, 0.3) is 0 Å². The van der Waals surface area contributed by atoms with Crippen molar-refractivity contribution in [1.82, 2.24) is 4.98 Å². The van der Waals surface area contributed by atoms with E-state index in [0.717, 1.165) is 25.4 Å². The minimum Gasteiger partial charge on any atom is -0.383 e. The number of nitrogens with zero attached hydrogens (tertiary/aromatic N) is 1. The highest BCUT2D eigenvalue weighted by atomic mass is 32.2. The molecule has 3 aromatic heterocycles. The van der Waals surface area contributed by atoms with Gasteiger partial charge >= 0.3 is 0 Å². The van der Waals surface area contributed by atoms with Crippen molar-refractivity contribution in [1.29, 1.82) is 5.41 Å². The van der Waals surface area contributed by atoms with Crippen molar-refractivity contribution in [3.05, 3.63) is 46.7 Å². The molecule has 0 aliphatic carbocycles. The predicted molar refractivity (Wildman–Crippen MR) is 109 cm³/mol. The van der Waals surface area contributed by atoms with Gasteiger partial charge in [0, 0.05) is 15.6 Å². The Morgan fingerprint density at radius 3 is 2.79 bits per heavy atom. The average Bonchev–Trinajstić information content (AvgIpc) is 3.30. The van der Waals surface area contributed by atoms with E-state index in [9.17, 15) is 0 Å². The van der Waals surface area contributed by atoms with Crippen molar-refractivity contribution in [3.8, 4) is 21.1 Å². The molecule has 0 amide bonds. The average molecular weight is 388 g/mol. The van der Waals surface area contributed by atoms with E-state index in [2.05, 4.69) is 35.7 Å². The smallest absolute Gasteiger partial charge is 0.133 e. The predicted octanol–water partition coefficient (Wildman–Crippen LogP) is 5.76. The number of thiophene rings is 2. The van der Waals surface area contributed by atoms with E-state index in [1.807, 2.05) is 12.3 Å². The summed E-state index contributed by atoms with van der Waals surface area (Å²) in [5.41, 5.74) is 7.73. The zero-order valence-electron chi connectivity index (χ0n) is 12.7. The van der Waals surface area contributed by atoms with Crippen molar-refractivity contribution in [2.24, 2.45) is 5.73 Å². The normalized spacial score (nSPS) is 11.2. The number of amidine groups is 1. The Morgan fingerprint density at radius 2 is 2.04 bits per heavy atom. The molecular formula is C17H13N3S4.